The molecule has 0 aliphatic rings. The molecule has 0 aliphatic heterocycles. The summed E-state index contributed by atoms with van der Waals surface area (Å²) in [4.78, 5) is 0. The molecule has 0 amide bonds. The number of hydrogen-bond donors (Lipinski definition) is 0. The van der Waals surface area contributed by atoms with Crippen LogP contribution in [0.25, 0.3) is 0 Å². The first-order chi connectivity index (χ1) is 15.2. The lowest BCUT2D eigenvalue weighted by atomic mass is 10.2. The van der Waals surface area contributed by atoms with Gasteiger partial charge in [0.15, 0.2) is 0 Å². The maximum atomic E-state index is 5.86. The van der Waals surface area contributed by atoms with Gasteiger partial charge in [-0.15, -0.1) is 0 Å². The highest BCUT2D eigenvalue weighted by Gasteiger charge is 2.45. The van der Waals surface area contributed by atoms with Gasteiger partial charge in [-0.1, -0.05) is 78.6 Å². The Kier molecular flexibility index (Phi) is 7.19. The predicted molar refractivity (Wildman–Crippen MR) is 142 cm³/mol. The number of hydrogen-bond acceptors (Lipinski definition) is 3. The van der Waals surface area contributed by atoms with E-state index in [1.807, 2.05) is 24.3 Å². The topological polar surface area (TPSA) is 9.23 Å². The fourth-order valence-corrected chi connectivity index (χ4v) is 10.6. The number of ether oxygens (including phenoxy) is 1. The third-order valence-corrected chi connectivity index (χ3v) is 12.0. The van der Waals surface area contributed by atoms with E-state index in [1.54, 1.807) is 18.9 Å². The Bertz CT molecular complexity index is 1020. The van der Waals surface area contributed by atoms with Crippen molar-refractivity contribution >= 4 is 51.4 Å². The second kappa shape index (κ2) is 10.2. The molecule has 4 aromatic rings. The molecule has 31 heavy (non-hydrogen) atoms. The van der Waals surface area contributed by atoms with Gasteiger partial charge in [-0.25, -0.2) is 0 Å². The molecule has 4 heteroatoms. The van der Waals surface area contributed by atoms with Gasteiger partial charge in [0, 0.05) is 0 Å². The van der Waals surface area contributed by atoms with Crippen molar-refractivity contribution in [2.45, 2.75) is 0 Å². The Labute approximate surface area is 194 Å². The molecule has 0 saturated carbocycles. The minimum atomic E-state index is -1.89. The van der Waals surface area contributed by atoms with E-state index in [9.17, 15) is 0 Å². The lowest BCUT2D eigenvalue weighted by Gasteiger charge is -2.27. The molecule has 0 bridgehead atoms. The summed E-state index contributed by atoms with van der Waals surface area (Å²) in [7, 11) is -0.211. The summed E-state index contributed by atoms with van der Waals surface area (Å²) >= 11 is 7.63. The SMILES string of the molecule is COc1ccc(C(=S)SC[P+](c2ccccc2)(c2ccccc2)c2ccccc2)cc1. The highest BCUT2D eigenvalue weighted by molar-refractivity contribution is 8.28. The standard InChI is InChI=1S/C27H24OPS2/c1-28-23-19-17-22(18-20-23)27(30)31-21-29(24-11-5-2-6-12-24,25-13-7-3-8-14-25)26-15-9-4-10-16-26/h2-20H,21H2,1H3/q+1. The fraction of sp³-hybridized carbons (Fsp3) is 0.0741. The summed E-state index contributed by atoms with van der Waals surface area (Å²) < 4.78 is 6.20. The molecule has 4 aromatic carbocycles. The van der Waals surface area contributed by atoms with Crippen molar-refractivity contribution in [3.63, 3.8) is 0 Å². The molecule has 0 unspecified atom stereocenters. The van der Waals surface area contributed by atoms with Gasteiger partial charge in [-0.3, -0.25) is 0 Å². The van der Waals surface area contributed by atoms with E-state index in [-0.39, 0.29) is 0 Å². The Morgan fingerprint density at radius 1 is 0.677 bits per heavy atom. The average Bonchev–Trinajstić information content (AvgIpc) is 2.86. The van der Waals surface area contributed by atoms with E-state index in [0.29, 0.717) is 0 Å². The molecule has 4 rings (SSSR count). The Balaban J connectivity index is 1.77. The number of rotatable bonds is 7. The van der Waals surface area contributed by atoms with E-state index in [1.165, 1.54) is 15.9 Å². The number of thioether (sulfide) groups is 1. The highest BCUT2D eigenvalue weighted by Crippen LogP contribution is 2.57. The molecule has 0 atom stereocenters. The van der Waals surface area contributed by atoms with Crippen LogP contribution in [0, 0.1) is 0 Å². The zero-order chi connectivity index (χ0) is 21.5. The van der Waals surface area contributed by atoms with Crippen LogP contribution < -0.4 is 20.7 Å². The van der Waals surface area contributed by atoms with Gasteiger partial charge in [0.05, 0.1) is 11.3 Å². The van der Waals surface area contributed by atoms with Crippen molar-refractivity contribution in [2.24, 2.45) is 0 Å². The first-order valence-electron chi connectivity index (χ1n) is 10.1. The van der Waals surface area contributed by atoms with E-state index in [2.05, 4.69) is 91.0 Å². The van der Waals surface area contributed by atoms with Crippen LogP contribution in [0.5, 0.6) is 5.75 Å². The van der Waals surface area contributed by atoms with Crippen LogP contribution in [0.3, 0.4) is 0 Å². The number of benzene rings is 4. The van der Waals surface area contributed by atoms with Gasteiger partial charge < -0.3 is 4.74 Å². The maximum absolute atomic E-state index is 5.86. The summed E-state index contributed by atoms with van der Waals surface area (Å²) in [5.74, 6) is 0.844. The largest absolute Gasteiger partial charge is 0.497 e. The molecule has 154 valence electrons. The minimum Gasteiger partial charge on any atom is -0.497 e. The lowest BCUT2D eigenvalue weighted by molar-refractivity contribution is 0.415. The Hall–Kier alpha value is -2.45. The fourth-order valence-electron chi connectivity index (χ4n) is 3.68. The first kappa shape index (κ1) is 21.8. The predicted octanol–water partition coefficient (Wildman–Crippen LogP) is 6.06. The van der Waals surface area contributed by atoms with Gasteiger partial charge in [0.2, 0.25) is 0 Å². The van der Waals surface area contributed by atoms with E-state index < -0.39 is 7.26 Å². The number of thiocarbonyl (C=S) groups is 1. The molecular formula is C27H24OPS2+. The van der Waals surface area contributed by atoms with Crippen LogP contribution in [0.2, 0.25) is 0 Å². The van der Waals surface area contributed by atoms with E-state index >= 15 is 0 Å². The molecule has 1 nitrogen and oxygen atoms in total. The summed E-state index contributed by atoms with van der Waals surface area (Å²) in [6, 6.07) is 40.7. The summed E-state index contributed by atoms with van der Waals surface area (Å²) in [6.07, 6.45) is 0. The Morgan fingerprint density at radius 3 is 1.48 bits per heavy atom. The maximum Gasteiger partial charge on any atom is 0.124 e. The summed E-state index contributed by atoms with van der Waals surface area (Å²) in [5.41, 5.74) is 1.98. The Morgan fingerprint density at radius 2 is 1.10 bits per heavy atom. The second-order valence-electron chi connectivity index (χ2n) is 7.11. The van der Waals surface area contributed by atoms with Crippen LogP contribution >= 0.6 is 31.2 Å². The van der Waals surface area contributed by atoms with Crippen LogP contribution in [-0.4, -0.2) is 16.8 Å². The molecule has 0 heterocycles. The second-order valence-corrected chi connectivity index (χ2v) is 12.7. The van der Waals surface area contributed by atoms with Crippen molar-refractivity contribution in [1.29, 1.82) is 0 Å². The molecular weight excluding hydrogens is 435 g/mol. The zero-order valence-electron chi connectivity index (χ0n) is 17.3. The monoisotopic (exact) mass is 459 g/mol. The normalized spacial score (nSPS) is 11.1. The summed E-state index contributed by atoms with van der Waals surface area (Å²) in [5, 5.41) is 4.12. The molecule has 0 aliphatic carbocycles. The summed E-state index contributed by atoms with van der Waals surface area (Å²) in [6.45, 7) is 0. The van der Waals surface area contributed by atoms with Crippen molar-refractivity contribution < 1.29 is 4.74 Å². The molecule has 0 aromatic heterocycles. The molecule has 0 fully saturated rings. The average molecular weight is 460 g/mol. The molecule has 0 N–H and O–H groups in total. The van der Waals surface area contributed by atoms with Crippen LogP contribution in [0.15, 0.2) is 115 Å². The first-order valence-corrected chi connectivity index (χ1v) is 13.5. The molecule has 0 spiro atoms. The van der Waals surface area contributed by atoms with Gasteiger partial charge in [-0.2, -0.15) is 0 Å². The third-order valence-electron chi connectivity index (χ3n) is 5.31. The van der Waals surface area contributed by atoms with Crippen molar-refractivity contribution in [3.05, 3.63) is 121 Å². The van der Waals surface area contributed by atoms with Crippen LogP contribution in [0.1, 0.15) is 5.56 Å². The van der Waals surface area contributed by atoms with E-state index in [4.69, 9.17) is 17.0 Å². The quantitative estimate of drug-likeness (QED) is 0.246. The third kappa shape index (κ3) is 4.75. The van der Waals surface area contributed by atoms with Gasteiger partial charge in [-0.05, 0) is 66.2 Å². The van der Waals surface area contributed by atoms with Crippen LogP contribution in [-0.2, 0) is 0 Å². The van der Waals surface area contributed by atoms with Crippen molar-refractivity contribution in [2.75, 3.05) is 12.6 Å². The minimum absolute atomic E-state index is 0.844. The van der Waals surface area contributed by atoms with Crippen LogP contribution in [0.4, 0.5) is 0 Å². The lowest BCUT2D eigenvalue weighted by Crippen LogP contribution is -2.32. The van der Waals surface area contributed by atoms with Crippen molar-refractivity contribution in [3.8, 4) is 5.75 Å². The van der Waals surface area contributed by atoms with E-state index in [0.717, 1.165) is 21.0 Å². The smallest absolute Gasteiger partial charge is 0.124 e. The highest BCUT2D eigenvalue weighted by atomic mass is 32.2. The number of methoxy groups -OCH3 is 1. The van der Waals surface area contributed by atoms with Crippen molar-refractivity contribution in [1.82, 2.24) is 0 Å². The molecule has 0 saturated heterocycles. The van der Waals surface area contributed by atoms with Gasteiger partial charge in [0.1, 0.15) is 34.4 Å². The van der Waals surface area contributed by atoms with Gasteiger partial charge >= 0.3 is 0 Å². The zero-order valence-corrected chi connectivity index (χ0v) is 19.9. The molecule has 0 radical (unpaired) electrons. The van der Waals surface area contributed by atoms with Gasteiger partial charge in [0.25, 0.3) is 0 Å².